The number of carbonyl (C=O) groups excluding carboxylic acids is 5. The summed E-state index contributed by atoms with van der Waals surface area (Å²) in [6.45, 7) is -3.07. The topological polar surface area (TPSA) is 906 Å². The lowest BCUT2D eigenvalue weighted by Gasteiger charge is -2.52. The first-order valence-corrected chi connectivity index (χ1v) is 43.4. The molecule has 0 saturated carbocycles. The highest BCUT2D eigenvalue weighted by molar-refractivity contribution is 5.75. The summed E-state index contributed by atoms with van der Waals surface area (Å²) in [7, 11) is 0. The van der Waals surface area contributed by atoms with Crippen molar-refractivity contribution in [2.24, 2.45) is 0 Å². The molecule has 0 aromatic heterocycles. The summed E-state index contributed by atoms with van der Waals surface area (Å²) in [6.07, 6.45) is -105. The first kappa shape index (κ1) is 111. The minimum absolute atomic E-state index is 0.856. The summed E-state index contributed by atoms with van der Waals surface area (Å²) in [5.74, 6) is -4.68. The molecule has 135 heavy (non-hydrogen) atoms. The number of nitrogens with one attached hydrogen (secondary N) is 5. The van der Waals surface area contributed by atoms with E-state index in [0.717, 1.165) is 34.6 Å². The molecule has 5 amide bonds. The van der Waals surface area contributed by atoms with Gasteiger partial charge in [0.05, 0.1) is 71.7 Å². The lowest BCUT2D eigenvalue weighted by atomic mass is 9.93. The molecule has 780 valence electrons. The summed E-state index contributed by atoms with van der Waals surface area (Å²) in [5, 5.41) is 329. The van der Waals surface area contributed by atoms with Crippen molar-refractivity contribution >= 4 is 29.5 Å². The number of carbonyl (C=O) groups is 5. The average Bonchev–Trinajstić information content (AvgIpc) is 0.764. The summed E-state index contributed by atoms with van der Waals surface area (Å²) in [4.78, 5) is 64.5. The van der Waals surface area contributed by atoms with Crippen LogP contribution in [0, 0.1) is 0 Å². The van der Waals surface area contributed by atoms with Crippen LogP contribution in [0.2, 0.25) is 0 Å². The molecule has 55 atom stereocenters. The van der Waals surface area contributed by atoms with Crippen LogP contribution >= 0.6 is 0 Å². The highest BCUT2D eigenvalue weighted by Crippen LogP contribution is 2.42. The summed E-state index contributed by atoms with van der Waals surface area (Å²) >= 11 is 0. The molecule has 0 aromatic carbocycles. The molecule has 11 rings (SSSR count). The molecule has 59 heteroatoms. The van der Waals surface area contributed by atoms with E-state index >= 15 is 0 Å². The van der Waals surface area contributed by atoms with Gasteiger partial charge < -0.3 is 269 Å². The number of aliphatic hydroxyl groups excluding tert-OH is 28. The molecule has 11 aliphatic heterocycles. The van der Waals surface area contributed by atoms with Gasteiger partial charge in [-0.25, -0.2) is 0 Å². The van der Waals surface area contributed by atoms with Crippen molar-refractivity contribution < 1.29 is 266 Å². The van der Waals surface area contributed by atoms with Gasteiger partial charge in [0.25, 0.3) is 0 Å². The number of rotatable bonds is 34. The van der Waals surface area contributed by atoms with Crippen LogP contribution < -0.4 is 26.6 Å². The van der Waals surface area contributed by atoms with E-state index in [1.165, 1.54) is 13.8 Å². The second kappa shape index (κ2) is 48.2. The Morgan fingerprint density at radius 1 is 0.207 bits per heavy atom. The minimum Gasteiger partial charge on any atom is -0.394 e. The monoisotopic (exact) mass is 1970 g/mol. The van der Waals surface area contributed by atoms with Crippen molar-refractivity contribution in [3.63, 3.8) is 0 Å². The Morgan fingerprint density at radius 3 is 0.904 bits per heavy atom. The van der Waals surface area contributed by atoms with Crippen LogP contribution in [0.15, 0.2) is 0 Å². The third-order valence-corrected chi connectivity index (χ3v) is 24.9. The lowest BCUT2D eigenvalue weighted by molar-refractivity contribution is -0.406. The number of ether oxygens (including phenoxy) is 21. The van der Waals surface area contributed by atoms with Gasteiger partial charge in [0.1, 0.15) is 256 Å². The van der Waals surface area contributed by atoms with Gasteiger partial charge in [-0.3, -0.25) is 24.0 Å². The highest BCUT2D eigenvalue weighted by Gasteiger charge is 2.63. The van der Waals surface area contributed by atoms with Gasteiger partial charge in [-0.15, -0.1) is 0 Å². The Kier molecular flexibility index (Phi) is 39.5. The first-order chi connectivity index (χ1) is 63.8. The quantitative estimate of drug-likeness (QED) is 0.0284. The van der Waals surface area contributed by atoms with Crippen molar-refractivity contribution in [1.29, 1.82) is 0 Å². The lowest BCUT2D eigenvalue weighted by Crippen LogP contribution is -2.71. The first-order valence-electron chi connectivity index (χ1n) is 43.4. The fourth-order valence-corrected chi connectivity index (χ4v) is 17.6. The van der Waals surface area contributed by atoms with Gasteiger partial charge in [0, 0.05) is 34.6 Å². The average molecular weight is 1970 g/mol. The number of hydrogen-bond acceptors (Lipinski definition) is 54. The van der Waals surface area contributed by atoms with E-state index in [9.17, 15) is 167 Å². The van der Waals surface area contributed by atoms with E-state index < -0.39 is 426 Å². The van der Waals surface area contributed by atoms with Crippen LogP contribution in [-0.2, 0) is 123 Å². The maximum absolute atomic E-state index is 13.5. The predicted octanol–water partition coefficient (Wildman–Crippen LogP) is -22.2. The Bertz CT molecular complexity index is 3750. The zero-order valence-electron chi connectivity index (χ0n) is 73.3. The van der Waals surface area contributed by atoms with Crippen molar-refractivity contribution in [3.05, 3.63) is 0 Å². The SMILES string of the molecule is CC(=O)N[C@H]1[C@H](O[C@H]2[C@H](O)[C@@H](NC(C)=O)C(O)O[C@@H]2CO[C@@H]2O[C@@H](C)[C@@H](O)[C@@H](O)[C@@H]2O)O[C@H](CO)[C@@H](O[C@@H]2O[C@H](CO[C@H]3O[C@H](CO)[C@@H](O)[C@H](O)[C@@H]3O[C@@H]3O[C@H](CO)[C@@H](O)[C@H](O)[C@H]3NC(C)=O)[C@@H](O)[C@H](O[C@H]3O[C@H](CO)[C@@H](O)[C@H](O)[C@@H]3O[C@@H]3O[C@H](CO)[C@@H](O[C@@H]4O[C@H](CO)[C@H](O)[C@H](O[C@H]5O[C@H](CO)[C@H](O)[C@H](O)[C@H]5NC(C)=O)[C@H]4O[C@@H]4O[C@@H](C)[C@@H](O)[C@@H](O)[C@@H]4O)[C@H](O)[C@H]3NC(C)=O)[C@@H]2O)[C@@H]1O. The van der Waals surface area contributed by atoms with Gasteiger partial charge in [-0.1, -0.05) is 0 Å². The zero-order chi connectivity index (χ0) is 99.4. The molecule has 11 heterocycles. The van der Waals surface area contributed by atoms with E-state index in [1.54, 1.807) is 0 Å². The predicted molar refractivity (Wildman–Crippen MR) is 417 cm³/mol. The fourth-order valence-electron chi connectivity index (χ4n) is 17.6. The van der Waals surface area contributed by atoms with E-state index in [0.29, 0.717) is 0 Å². The molecule has 1 unspecified atom stereocenters. The van der Waals surface area contributed by atoms with Crippen LogP contribution in [0.1, 0.15) is 48.5 Å². The van der Waals surface area contributed by atoms with E-state index in [-0.39, 0.29) is 0 Å². The van der Waals surface area contributed by atoms with Crippen LogP contribution in [-0.4, -0.2) is 569 Å². The Balaban J connectivity index is 0.932. The second-order valence-corrected chi connectivity index (χ2v) is 34.5. The summed E-state index contributed by atoms with van der Waals surface area (Å²) < 4.78 is 127. The van der Waals surface area contributed by atoms with E-state index in [1.807, 2.05) is 0 Å². The van der Waals surface area contributed by atoms with E-state index in [4.69, 9.17) is 99.5 Å². The molecular formula is C76H127N5O54. The smallest absolute Gasteiger partial charge is 0.217 e. The van der Waals surface area contributed by atoms with Crippen molar-refractivity contribution in [2.45, 2.75) is 386 Å². The van der Waals surface area contributed by atoms with Crippen molar-refractivity contribution in [2.75, 3.05) is 59.5 Å². The van der Waals surface area contributed by atoms with Gasteiger partial charge in [-0.05, 0) is 13.8 Å². The highest BCUT2D eigenvalue weighted by atomic mass is 16.8. The molecule has 0 spiro atoms. The normalized spacial score (nSPS) is 49.5. The maximum atomic E-state index is 13.5. The number of amides is 5. The Hall–Kier alpha value is -4.61. The molecule has 0 aromatic rings. The van der Waals surface area contributed by atoms with Gasteiger partial charge in [0.2, 0.25) is 29.5 Å². The van der Waals surface area contributed by atoms with Gasteiger partial charge >= 0.3 is 0 Å². The zero-order valence-corrected chi connectivity index (χ0v) is 73.3. The molecule has 0 radical (unpaired) electrons. The molecule has 11 fully saturated rings. The summed E-state index contributed by atoms with van der Waals surface area (Å²) in [5.41, 5.74) is 0. The van der Waals surface area contributed by atoms with Crippen molar-refractivity contribution in [1.82, 2.24) is 26.6 Å². The third-order valence-electron chi connectivity index (χ3n) is 24.9. The standard InChI is InChI=1S/C76H127N5O54/c1-17-38(94)51(107)55(111)71(117-17)115-16-32-60(48(104)33(66(114)119-32)77-19(3)89)128-69-36(80-22(6)92)49(105)58(29(13-87)125-69)129-73-57(113)61(45(101)31(127-73)15-116-74-63(53(109)42(98)26(10-84)122-74)133-68-35(79-21(5)91)47(103)41(97)25(9-83)121-68)131-75-64(54(110)43(99)27(11-85)123-75)134-70-37(81-23(7)93)50(106)59(30(14-88)126-70)130-76-65(135-72-56(112)52(108)39(95)18(2)118-72)62(44(100)28(12-86)124-76)132-67-34(78-20(4)90)46(102)40(96)24(8-82)120-67/h17-18,24-76,82-88,94-114H,8-16H2,1-7H3,(H,77,89)(H,78,90)(H,79,91)(H,80,92)(H,81,93)/t17-,18-,24+,25+,26+,27+,28+,29+,30+,31+,32+,33+,34+,35+,36+,37+,38+,39+,40-,41+,42+,43+,44-,45+,46+,47+,48+,49+,50+,51+,52+,53-,54-,55-,56-,57-,58+,59+,60+,61-,62-,63-,64-,65+,66?,67+,68-,69-,70-,71+,72-,73-,74-,75+,76-/m0/s1. The number of aliphatic hydroxyl groups is 28. The van der Waals surface area contributed by atoms with Crippen LogP contribution in [0.3, 0.4) is 0 Å². The Morgan fingerprint density at radius 2 is 0.474 bits per heavy atom. The Labute approximate surface area is 765 Å². The maximum Gasteiger partial charge on any atom is 0.217 e. The van der Waals surface area contributed by atoms with E-state index in [2.05, 4.69) is 26.6 Å². The molecule has 11 aliphatic rings. The van der Waals surface area contributed by atoms with Gasteiger partial charge in [-0.2, -0.15) is 0 Å². The largest absolute Gasteiger partial charge is 0.394 e. The molecular weight excluding hydrogens is 1850 g/mol. The fraction of sp³-hybridized carbons (Fsp3) is 0.934. The number of hydrogen-bond donors (Lipinski definition) is 33. The van der Waals surface area contributed by atoms with Crippen LogP contribution in [0.5, 0.6) is 0 Å². The third kappa shape index (κ3) is 24.7. The molecule has 0 aliphatic carbocycles. The van der Waals surface area contributed by atoms with Crippen LogP contribution in [0.4, 0.5) is 0 Å². The van der Waals surface area contributed by atoms with Gasteiger partial charge in [0.15, 0.2) is 69.2 Å². The summed E-state index contributed by atoms with van der Waals surface area (Å²) in [6, 6.07) is -9.57. The molecule has 11 saturated heterocycles. The molecule has 33 N–H and O–H groups in total. The molecule has 59 nitrogen and oxygen atoms in total. The second-order valence-electron chi connectivity index (χ2n) is 34.5. The van der Waals surface area contributed by atoms with Crippen LogP contribution in [0.25, 0.3) is 0 Å². The van der Waals surface area contributed by atoms with Crippen molar-refractivity contribution in [3.8, 4) is 0 Å². The molecule has 0 bridgehead atoms. The minimum atomic E-state index is -2.67.